The number of nitrogens with zero attached hydrogens (tertiary/aromatic N) is 2. The number of thioether (sulfide) groups is 1. The van der Waals surface area contributed by atoms with Crippen LogP contribution in [0.5, 0.6) is 11.5 Å². The van der Waals surface area contributed by atoms with Gasteiger partial charge in [-0.3, -0.25) is 4.79 Å². The fraction of sp³-hybridized carbons (Fsp3) is 0.286. The van der Waals surface area contributed by atoms with E-state index in [1.807, 2.05) is 0 Å². The fourth-order valence-corrected chi connectivity index (χ4v) is 5.80. The first-order valence-electron chi connectivity index (χ1n) is 10.1. The van der Waals surface area contributed by atoms with Gasteiger partial charge in [0, 0.05) is 23.2 Å². The number of nitrogens with one attached hydrogen (secondary N) is 1. The van der Waals surface area contributed by atoms with Gasteiger partial charge in [0.2, 0.25) is 0 Å². The summed E-state index contributed by atoms with van der Waals surface area (Å²) in [6.07, 6.45) is -1.05. The summed E-state index contributed by atoms with van der Waals surface area (Å²) >= 11 is 1.18. The van der Waals surface area contributed by atoms with Crippen molar-refractivity contribution in [2.45, 2.75) is 17.9 Å². The van der Waals surface area contributed by atoms with E-state index in [1.54, 1.807) is 41.3 Å². The van der Waals surface area contributed by atoms with Gasteiger partial charge in [-0.1, -0.05) is 0 Å². The van der Waals surface area contributed by atoms with Gasteiger partial charge in [-0.05, 0) is 49.0 Å². The second kappa shape index (κ2) is 8.27. The second-order valence-corrected chi connectivity index (χ2v) is 10.3. The molecule has 0 aromatic heterocycles. The van der Waals surface area contributed by atoms with Gasteiger partial charge >= 0.3 is 5.97 Å². The Balaban J connectivity index is 1.24. The van der Waals surface area contributed by atoms with Crippen molar-refractivity contribution in [2.24, 2.45) is 4.40 Å². The number of anilines is 2. The molecule has 1 amide bonds. The molecule has 1 unspecified atom stereocenters. The van der Waals surface area contributed by atoms with Crippen molar-refractivity contribution in [3.05, 3.63) is 42.0 Å². The number of hydrogen-bond donors (Lipinski definition) is 1. The summed E-state index contributed by atoms with van der Waals surface area (Å²) in [6, 6.07) is 9.94. The van der Waals surface area contributed by atoms with Gasteiger partial charge in [-0.2, -0.15) is 0 Å². The highest BCUT2D eigenvalue weighted by atomic mass is 32.2. The minimum Gasteiger partial charge on any atom is -0.486 e. The van der Waals surface area contributed by atoms with Gasteiger partial charge in [-0.15, -0.1) is 4.40 Å². The second-order valence-electron chi connectivity index (χ2n) is 7.49. The molecule has 5 rings (SSSR count). The van der Waals surface area contributed by atoms with Crippen molar-refractivity contribution in [3.8, 4) is 11.5 Å². The number of benzene rings is 2. The van der Waals surface area contributed by atoms with E-state index >= 15 is 0 Å². The molecule has 0 bridgehead atoms. The molecule has 3 aliphatic rings. The minimum atomic E-state index is -3.46. The van der Waals surface area contributed by atoms with E-state index in [0.717, 1.165) is 5.69 Å². The summed E-state index contributed by atoms with van der Waals surface area (Å²) in [6.45, 7) is 2.69. The normalized spacial score (nSPS) is 18.5. The van der Waals surface area contributed by atoms with Crippen molar-refractivity contribution in [3.63, 3.8) is 0 Å². The summed E-state index contributed by atoms with van der Waals surface area (Å²) in [5, 5.41) is 3.07. The zero-order valence-electron chi connectivity index (χ0n) is 17.4. The average molecular weight is 490 g/mol. The van der Waals surface area contributed by atoms with Crippen LogP contribution in [0.4, 0.5) is 11.4 Å². The van der Waals surface area contributed by atoms with Gasteiger partial charge in [0.15, 0.2) is 22.8 Å². The van der Waals surface area contributed by atoms with Crippen molar-refractivity contribution in [1.82, 2.24) is 0 Å². The van der Waals surface area contributed by atoms with Crippen LogP contribution in [0.2, 0.25) is 0 Å². The fourth-order valence-electron chi connectivity index (χ4n) is 3.50. The van der Waals surface area contributed by atoms with Gasteiger partial charge in [0.05, 0.1) is 17.0 Å². The van der Waals surface area contributed by atoms with Crippen LogP contribution in [0.3, 0.4) is 0 Å². The van der Waals surface area contributed by atoms with Crippen LogP contribution in [0, 0.1) is 0 Å². The van der Waals surface area contributed by atoms with Crippen molar-refractivity contribution < 1.29 is 32.2 Å². The van der Waals surface area contributed by atoms with Gasteiger partial charge < -0.3 is 24.4 Å². The summed E-state index contributed by atoms with van der Waals surface area (Å²) in [4.78, 5) is 27.7. The highest BCUT2D eigenvalue weighted by Gasteiger charge is 2.33. The van der Waals surface area contributed by atoms with Crippen LogP contribution in [0.1, 0.15) is 17.3 Å². The van der Waals surface area contributed by atoms with Crippen LogP contribution < -0.4 is 19.7 Å². The third kappa shape index (κ3) is 4.35. The molecule has 1 atom stereocenters. The minimum absolute atomic E-state index is 0.0592. The monoisotopic (exact) mass is 489 g/mol. The molecule has 12 heteroatoms. The number of amidine groups is 1. The van der Waals surface area contributed by atoms with Crippen LogP contribution in [0.25, 0.3) is 0 Å². The Bertz CT molecular complexity index is 1290. The number of ether oxygens (including phenoxy) is 3. The lowest BCUT2D eigenvalue weighted by Gasteiger charge is -2.22. The molecule has 0 spiro atoms. The first kappa shape index (κ1) is 21.6. The highest BCUT2D eigenvalue weighted by Crippen LogP contribution is 2.42. The van der Waals surface area contributed by atoms with Gasteiger partial charge in [-0.25, -0.2) is 13.2 Å². The highest BCUT2D eigenvalue weighted by molar-refractivity contribution is 8.15. The maximum Gasteiger partial charge on any atom is 0.338 e. The summed E-state index contributed by atoms with van der Waals surface area (Å²) < 4.78 is 43.6. The first-order valence-corrected chi connectivity index (χ1v) is 12.6. The molecule has 3 aliphatic heterocycles. The number of sulfonamides is 1. The van der Waals surface area contributed by atoms with Crippen LogP contribution in [-0.2, 0) is 19.6 Å². The third-order valence-corrected chi connectivity index (χ3v) is 7.48. The van der Waals surface area contributed by atoms with E-state index in [-0.39, 0.29) is 11.3 Å². The summed E-state index contributed by atoms with van der Waals surface area (Å²) in [5.41, 5.74) is 1.53. The van der Waals surface area contributed by atoms with Crippen LogP contribution >= 0.6 is 11.8 Å². The maximum atomic E-state index is 12.6. The molecule has 0 saturated heterocycles. The lowest BCUT2D eigenvalue weighted by Crippen LogP contribution is -2.35. The lowest BCUT2D eigenvalue weighted by atomic mass is 10.2. The standard InChI is InChI=1S/C21H19N3O7S2/c1-12(19(25)22-14-3-5-16-17(11-14)30-8-7-29-16)31-20(26)13-2-4-15-18(10-13)32-21-23-33(27,28)9-6-24(15)21/h2-5,10-12H,6-9H2,1H3,(H,22,25). The predicted octanol–water partition coefficient (Wildman–Crippen LogP) is 2.25. The number of rotatable bonds is 4. The molecule has 33 heavy (non-hydrogen) atoms. The number of carbonyl (C=O) groups excluding carboxylic acids is 2. The molecule has 2 aromatic carbocycles. The molecule has 0 aliphatic carbocycles. The Kier molecular flexibility index (Phi) is 5.41. The van der Waals surface area contributed by atoms with Gasteiger partial charge in [0.1, 0.15) is 13.2 Å². The SMILES string of the molecule is CC(OC(=O)c1ccc2c(c1)SC1=NS(=O)(=O)CCN12)C(=O)Nc1ccc2c(c1)OCCO2. The molecule has 0 radical (unpaired) electrons. The Morgan fingerprint density at radius 2 is 1.94 bits per heavy atom. The summed E-state index contributed by atoms with van der Waals surface area (Å²) in [5.74, 6) is -0.0769. The molecular weight excluding hydrogens is 470 g/mol. The van der Waals surface area contributed by atoms with Gasteiger partial charge in [0.25, 0.3) is 15.9 Å². The largest absolute Gasteiger partial charge is 0.486 e. The third-order valence-electron chi connectivity index (χ3n) is 5.17. The van der Waals surface area contributed by atoms with E-state index in [9.17, 15) is 18.0 Å². The predicted molar refractivity (Wildman–Crippen MR) is 122 cm³/mol. The molecule has 2 aromatic rings. The molecule has 0 fully saturated rings. The zero-order chi connectivity index (χ0) is 23.2. The Labute approximate surface area is 194 Å². The molecule has 1 N–H and O–H groups in total. The molecule has 172 valence electrons. The van der Waals surface area contributed by atoms with Crippen molar-refractivity contribution >= 4 is 50.2 Å². The Morgan fingerprint density at radius 3 is 2.76 bits per heavy atom. The van der Waals surface area contributed by atoms with Crippen LogP contribution in [-0.4, -0.2) is 57.1 Å². The van der Waals surface area contributed by atoms with E-state index in [1.165, 1.54) is 18.7 Å². The smallest absolute Gasteiger partial charge is 0.338 e. The quantitative estimate of drug-likeness (QED) is 0.644. The molecule has 0 saturated carbocycles. The summed E-state index contributed by atoms with van der Waals surface area (Å²) in [7, 11) is -3.46. The van der Waals surface area contributed by atoms with E-state index in [2.05, 4.69) is 9.71 Å². The first-order chi connectivity index (χ1) is 15.8. The Morgan fingerprint density at radius 1 is 1.15 bits per heavy atom. The topological polar surface area (TPSA) is 124 Å². The van der Waals surface area contributed by atoms with Crippen molar-refractivity contribution in [2.75, 3.05) is 35.7 Å². The molecular formula is C21H19N3O7S2. The maximum absolute atomic E-state index is 12.6. The number of carbonyl (C=O) groups is 2. The van der Waals surface area contributed by atoms with E-state index < -0.39 is 28.0 Å². The Hall–Kier alpha value is -3.25. The number of esters is 1. The molecule has 10 nitrogen and oxygen atoms in total. The number of hydrogen-bond acceptors (Lipinski definition) is 9. The van der Waals surface area contributed by atoms with Crippen LogP contribution in [0.15, 0.2) is 45.7 Å². The van der Waals surface area contributed by atoms with E-state index in [4.69, 9.17) is 14.2 Å². The lowest BCUT2D eigenvalue weighted by molar-refractivity contribution is -0.123. The number of fused-ring (bicyclic) bond motifs is 4. The molecule has 3 heterocycles. The van der Waals surface area contributed by atoms with E-state index in [0.29, 0.717) is 47.0 Å². The average Bonchev–Trinajstić information content (AvgIpc) is 3.14. The number of amides is 1. The van der Waals surface area contributed by atoms with Crippen molar-refractivity contribution in [1.29, 1.82) is 0 Å². The zero-order valence-corrected chi connectivity index (χ0v) is 19.1.